The van der Waals surface area contributed by atoms with Gasteiger partial charge in [0.2, 0.25) is 11.5 Å². The summed E-state index contributed by atoms with van der Waals surface area (Å²) in [5.74, 6) is -2.41. The van der Waals surface area contributed by atoms with Crippen molar-refractivity contribution >= 4 is 17.5 Å². The van der Waals surface area contributed by atoms with E-state index in [-0.39, 0.29) is 40.6 Å². The number of ether oxygens (including phenoxy) is 1. The molecule has 4 aromatic rings. The van der Waals surface area contributed by atoms with Crippen molar-refractivity contribution < 1.29 is 37.0 Å². The standard InChI is InChI=1S/C28H25F4N5O4/c1-14-8-9-37-20(10-14)35-15(2)22(37)24(38)34-12-27(40,28(30,31)32)19-11-18-23(41-13-26(18,3)25(33)39)21(36-19)16-4-6-17(29)7-5-16/h4-11,40H,12-13H2,1-3H3,(H2,33,39)(H,34,38)/t26-,27-/m0/s1. The second kappa shape index (κ2) is 9.54. The summed E-state index contributed by atoms with van der Waals surface area (Å²) in [6, 6.07) is 9.02. The minimum absolute atomic E-state index is 0.00635. The summed E-state index contributed by atoms with van der Waals surface area (Å²) in [6.45, 7) is 3.14. The number of primary amides is 1. The number of amides is 2. The first-order chi connectivity index (χ1) is 19.2. The Hall–Kier alpha value is -4.52. The topological polar surface area (TPSA) is 132 Å². The first kappa shape index (κ1) is 28.0. The minimum Gasteiger partial charge on any atom is -0.489 e. The summed E-state index contributed by atoms with van der Waals surface area (Å²) in [4.78, 5) is 33.9. The molecule has 9 nitrogen and oxygen atoms in total. The smallest absolute Gasteiger partial charge is 0.424 e. The fraction of sp³-hybridized carbons (Fsp3) is 0.286. The highest BCUT2D eigenvalue weighted by Crippen LogP contribution is 2.47. The number of pyridine rings is 2. The molecule has 0 bridgehead atoms. The molecule has 5 rings (SSSR count). The molecule has 13 heteroatoms. The quantitative estimate of drug-likeness (QED) is 0.304. The maximum atomic E-state index is 14.6. The Morgan fingerprint density at radius 2 is 1.83 bits per heavy atom. The number of nitrogens with zero attached hydrogens (tertiary/aromatic N) is 3. The molecular weight excluding hydrogens is 546 g/mol. The zero-order chi connectivity index (χ0) is 29.9. The highest BCUT2D eigenvalue weighted by atomic mass is 19.4. The lowest BCUT2D eigenvalue weighted by molar-refractivity contribution is -0.265. The summed E-state index contributed by atoms with van der Waals surface area (Å²) >= 11 is 0. The summed E-state index contributed by atoms with van der Waals surface area (Å²) in [6.07, 6.45) is -3.77. The predicted molar refractivity (Wildman–Crippen MR) is 139 cm³/mol. The lowest BCUT2D eigenvalue weighted by atomic mass is 9.81. The highest BCUT2D eigenvalue weighted by Gasteiger charge is 2.57. The third-order valence-electron chi connectivity index (χ3n) is 7.30. The first-order valence-corrected chi connectivity index (χ1v) is 12.4. The average Bonchev–Trinajstić information content (AvgIpc) is 3.42. The van der Waals surface area contributed by atoms with E-state index < -0.39 is 47.1 Å². The van der Waals surface area contributed by atoms with Crippen LogP contribution in [0.5, 0.6) is 5.75 Å². The fourth-order valence-corrected chi connectivity index (χ4v) is 4.77. The van der Waals surface area contributed by atoms with Gasteiger partial charge in [0, 0.05) is 17.3 Å². The summed E-state index contributed by atoms with van der Waals surface area (Å²) in [5.41, 5.74) is 0.944. The van der Waals surface area contributed by atoms with Gasteiger partial charge in [-0.15, -0.1) is 0 Å². The number of imidazole rings is 1. The van der Waals surface area contributed by atoms with Gasteiger partial charge in [-0.1, -0.05) is 0 Å². The molecule has 1 aliphatic rings. The van der Waals surface area contributed by atoms with Gasteiger partial charge in [-0.3, -0.25) is 14.0 Å². The molecule has 4 N–H and O–H groups in total. The molecule has 3 aromatic heterocycles. The van der Waals surface area contributed by atoms with E-state index >= 15 is 0 Å². The van der Waals surface area contributed by atoms with Crippen LogP contribution >= 0.6 is 0 Å². The van der Waals surface area contributed by atoms with Crippen molar-refractivity contribution in [2.24, 2.45) is 5.73 Å². The number of benzene rings is 1. The van der Waals surface area contributed by atoms with Gasteiger partial charge in [0.25, 0.3) is 5.91 Å². The number of aryl methyl sites for hydroxylation is 2. The fourth-order valence-electron chi connectivity index (χ4n) is 4.77. The van der Waals surface area contributed by atoms with Crippen molar-refractivity contribution in [2.45, 2.75) is 38.0 Å². The van der Waals surface area contributed by atoms with Gasteiger partial charge in [0.15, 0.2) is 0 Å². The molecule has 0 saturated carbocycles. The van der Waals surface area contributed by atoms with Crippen molar-refractivity contribution in [1.82, 2.24) is 19.7 Å². The number of aliphatic hydroxyl groups is 1. The molecule has 0 fully saturated rings. The van der Waals surface area contributed by atoms with Crippen molar-refractivity contribution in [1.29, 1.82) is 0 Å². The molecule has 0 aliphatic carbocycles. The van der Waals surface area contributed by atoms with Gasteiger partial charge in [0.05, 0.1) is 17.9 Å². The van der Waals surface area contributed by atoms with E-state index in [1.54, 1.807) is 18.3 Å². The average molecular weight is 572 g/mol. The number of rotatable bonds is 6. The number of carbonyl (C=O) groups is 2. The second-order valence-corrected chi connectivity index (χ2v) is 10.2. The third kappa shape index (κ3) is 4.55. The number of hydrogen-bond donors (Lipinski definition) is 3. The monoisotopic (exact) mass is 571 g/mol. The van der Waals surface area contributed by atoms with Gasteiger partial charge < -0.3 is 20.9 Å². The van der Waals surface area contributed by atoms with Gasteiger partial charge in [-0.05, 0) is 68.8 Å². The zero-order valence-corrected chi connectivity index (χ0v) is 22.1. The van der Waals surface area contributed by atoms with Crippen LogP contribution in [0.3, 0.4) is 0 Å². The number of nitrogens with one attached hydrogen (secondary N) is 1. The molecule has 0 spiro atoms. The van der Waals surface area contributed by atoms with Crippen LogP contribution in [-0.2, 0) is 15.8 Å². The summed E-state index contributed by atoms with van der Waals surface area (Å²) in [7, 11) is 0. The Morgan fingerprint density at radius 3 is 2.46 bits per heavy atom. The molecule has 1 aliphatic heterocycles. The molecule has 2 amide bonds. The first-order valence-electron chi connectivity index (χ1n) is 12.4. The van der Waals surface area contributed by atoms with E-state index in [2.05, 4.69) is 15.3 Å². The number of nitrogens with two attached hydrogens (primary N) is 1. The van der Waals surface area contributed by atoms with Gasteiger partial charge in [-0.25, -0.2) is 14.4 Å². The van der Waals surface area contributed by atoms with Crippen molar-refractivity contribution in [3.63, 3.8) is 0 Å². The van der Waals surface area contributed by atoms with Crippen LogP contribution in [0.4, 0.5) is 17.6 Å². The zero-order valence-electron chi connectivity index (χ0n) is 22.1. The SMILES string of the molecule is Cc1ccn2c(C(=O)NC[C@](O)(c3cc4c(c(-c5ccc(F)cc5)n3)OC[C@]4(C)C(N)=O)C(F)(F)F)c(C)nc2c1. The Bertz CT molecular complexity index is 1700. The Labute approximate surface area is 231 Å². The van der Waals surface area contributed by atoms with Crippen LogP contribution in [-0.4, -0.2) is 50.6 Å². The molecule has 0 saturated heterocycles. The van der Waals surface area contributed by atoms with E-state index in [0.29, 0.717) is 5.65 Å². The van der Waals surface area contributed by atoms with E-state index in [9.17, 15) is 32.3 Å². The second-order valence-electron chi connectivity index (χ2n) is 10.2. The predicted octanol–water partition coefficient (Wildman–Crippen LogP) is 3.47. The normalized spacial score (nSPS) is 18.0. The van der Waals surface area contributed by atoms with E-state index in [4.69, 9.17) is 10.5 Å². The Balaban J connectivity index is 1.61. The molecule has 4 heterocycles. The Morgan fingerprint density at radius 1 is 1.15 bits per heavy atom. The molecule has 0 unspecified atom stereocenters. The highest BCUT2D eigenvalue weighted by molar-refractivity contribution is 5.95. The molecule has 2 atom stereocenters. The maximum Gasteiger partial charge on any atom is 0.424 e. The minimum atomic E-state index is -5.34. The van der Waals surface area contributed by atoms with Crippen LogP contribution < -0.4 is 15.8 Å². The lowest BCUT2D eigenvalue weighted by Gasteiger charge is -2.31. The summed E-state index contributed by atoms with van der Waals surface area (Å²) < 4.78 is 64.6. The van der Waals surface area contributed by atoms with E-state index in [1.807, 2.05) is 6.92 Å². The number of alkyl halides is 3. The number of halogens is 4. The van der Waals surface area contributed by atoms with Crippen molar-refractivity contribution in [3.8, 4) is 17.0 Å². The van der Waals surface area contributed by atoms with E-state index in [1.165, 1.54) is 30.4 Å². The maximum absolute atomic E-state index is 14.6. The van der Waals surface area contributed by atoms with Crippen LogP contribution in [0.25, 0.3) is 16.9 Å². The molecule has 1 aromatic carbocycles. The van der Waals surface area contributed by atoms with Crippen LogP contribution in [0, 0.1) is 19.7 Å². The van der Waals surface area contributed by atoms with Crippen molar-refractivity contribution in [3.05, 3.63) is 82.7 Å². The number of aromatic nitrogens is 3. The number of fused-ring (bicyclic) bond motifs is 2. The van der Waals surface area contributed by atoms with Crippen LogP contribution in [0.15, 0.2) is 48.7 Å². The molecule has 214 valence electrons. The van der Waals surface area contributed by atoms with Crippen LogP contribution in [0.2, 0.25) is 0 Å². The molecule has 0 radical (unpaired) electrons. The van der Waals surface area contributed by atoms with Gasteiger partial charge >= 0.3 is 6.18 Å². The summed E-state index contributed by atoms with van der Waals surface area (Å²) in [5, 5.41) is 13.4. The third-order valence-corrected chi connectivity index (χ3v) is 7.30. The molecule has 41 heavy (non-hydrogen) atoms. The number of carbonyl (C=O) groups excluding carboxylic acids is 2. The van der Waals surface area contributed by atoms with E-state index in [0.717, 1.165) is 23.8 Å². The van der Waals surface area contributed by atoms with Gasteiger partial charge in [-0.2, -0.15) is 13.2 Å². The lowest BCUT2D eigenvalue weighted by Crippen LogP contribution is -2.52. The van der Waals surface area contributed by atoms with Gasteiger partial charge in [0.1, 0.15) is 40.6 Å². The van der Waals surface area contributed by atoms with Crippen molar-refractivity contribution in [2.75, 3.05) is 13.2 Å². The number of hydrogen-bond acceptors (Lipinski definition) is 6. The Kier molecular flexibility index (Phi) is 6.52. The largest absolute Gasteiger partial charge is 0.489 e. The van der Waals surface area contributed by atoms with Crippen LogP contribution in [0.1, 0.15) is 39.9 Å². The molecular formula is C28H25F4N5O4.